The van der Waals surface area contributed by atoms with E-state index in [9.17, 15) is 9.59 Å². The van der Waals surface area contributed by atoms with Crippen LogP contribution in [0, 0.1) is 13.8 Å². The van der Waals surface area contributed by atoms with Gasteiger partial charge in [0.15, 0.2) is 6.10 Å². The predicted molar refractivity (Wildman–Crippen MR) is 97.7 cm³/mol. The molecule has 1 amide bonds. The van der Waals surface area contributed by atoms with E-state index in [0.717, 1.165) is 60.8 Å². The number of likely N-dealkylation sites (tertiary alicyclic amines) is 1. The van der Waals surface area contributed by atoms with Gasteiger partial charge in [-0.25, -0.2) is 4.79 Å². The van der Waals surface area contributed by atoms with Gasteiger partial charge in [0.2, 0.25) is 0 Å². The van der Waals surface area contributed by atoms with Gasteiger partial charge in [-0.15, -0.1) is 0 Å². The summed E-state index contributed by atoms with van der Waals surface area (Å²) >= 11 is 0. The molecule has 0 saturated carbocycles. The Kier molecular flexibility index (Phi) is 5.11. The Bertz CT molecular complexity index is 786. The Hall–Kier alpha value is -2.30. The summed E-state index contributed by atoms with van der Waals surface area (Å²) in [7, 11) is 0. The number of carbonyl (C=O) groups excluding carboxylic acids is 2. The van der Waals surface area contributed by atoms with Crippen LogP contribution in [0.4, 0.5) is 0 Å². The zero-order chi connectivity index (χ0) is 18.0. The zero-order valence-electron chi connectivity index (χ0n) is 15.2. The van der Waals surface area contributed by atoms with Crippen molar-refractivity contribution in [2.24, 2.45) is 0 Å². The van der Waals surface area contributed by atoms with Gasteiger partial charge in [0.25, 0.3) is 5.91 Å². The second-order valence-corrected chi connectivity index (χ2v) is 7.01. The molecular formula is C20H26N2O3. The van der Waals surface area contributed by atoms with Crippen LogP contribution in [0.2, 0.25) is 0 Å². The van der Waals surface area contributed by atoms with Crippen LogP contribution in [0.5, 0.6) is 0 Å². The largest absolute Gasteiger partial charge is 0.448 e. The van der Waals surface area contributed by atoms with E-state index >= 15 is 0 Å². The maximum atomic E-state index is 12.5. The molecule has 25 heavy (non-hydrogen) atoms. The fraction of sp³-hybridized carbons (Fsp3) is 0.500. The zero-order valence-corrected chi connectivity index (χ0v) is 15.2. The number of ether oxygens (including phenoxy) is 1. The van der Waals surface area contributed by atoms with E-state index in [-0.39, 0.29) is 5.91 Å². The first-order valence-corrected chi connectivity index (χ1v) is 9.05. The number of fused-ring (bicyclic) bond motifs is 1. The van der Waals surface area contributed by atoms with Crippen LogP contribution in [0.1, 0.15) is 54.2 Å². The molecule has 2 aromatic rings. The average molecular weight is 342 g/mol. The lowest BCUT2D eigenvalue weighted by molar-refractivity contribution is -0.139. The van der Waals surface area contributed by atoms with Crippen molar-refractivity contribution in [2.75, 3.05) is 13.1 Å². The summed E-state index contributed by atoms with van der Waals surface area (Å²) in [5.74, 6) is -0.581. The molecule has 5 heteroatoms. The lowest BCUT2D eigenvalue weighted by Gasteiger charge is -2.23. The van der Waals surface area contributed by atoms with Crippen molar-refractivity contribution in [3.8, 4) is 0 Å². The van der Waals surface area contributed by atoms with Crippen LogP contribution in [0.15, 0.2) is 18.2 Å². The highest BCUT2D eigenvalue weighted by atomic mass is 16.5. The van der Waals surface area contributed by atoms with Crippen LogP contribution in [-0.4, -0.2) is 41.0 Å². The number of aryl methyl sites for hydroxylation is 2. The summed E-state index contributed by atoms with van der Waals surface area (Å²) in [6.07, 6.45) is 3.59. The normalized spacial score (nSPS) is 16.5. The minimum absolute atomic E-state index is 0.0987. The lowest BCUT2D eigenvalue weighted by Crippen LogP contribution is -2.40. The highest BCUT2D eigenvalue weighted by Crippen LogP contribution is 2.22. The average Bonchev–Trinajstić information content (AvgIpc) is 2.82. The summed E-state index contributed by atoms with van der Waals surface area (Å²) in [5, 5.41) is 1.00. The first kappa shape index (κ1) is 17.5. The molecule has 1 atom stereocenters. The number of aromatic amines is 1. The van der Waals surface area contributed by atoms with Gasteiger partial charge in [0.1, 0.15) is 5.69 Å². The molecule has 1 N–H and O–H groups in total. The van der Waals surface area contributed by atoms with Crippen molar-refractivity contribution in [2.45, 2.75) is 52.6 Å². The van der Waals surface area contributed by atoms with E-state index in [2.05, 4.69) is 11.1 Å². The van der Waals surface area contributed by atoms with Crippen molar-refractivity contribution < 1.29 is 14.3 Å². The first-order valence-electron chi connectivity index (χ1n) is 9.05. The number of nitrogens with one attached hydrogen (secondary N) is 1. The molecule has 0 aliphatic carbocycles. The van der Waals surface area contributed by atoms with Gasteiger partial charge in [-0.2, -0.15) is 0 Å². The van der Waals surface area contributed by atoms with E-state index in [1.165, 1.54) is 0 Å². The Labute approximate surface area is 148 Å². The standard InChI is InChI=1S/C20H26N2O3/c1-13-10-14(2)16-12-18(21-17(16)11-13)20(24)25-15(3)19(23)22-8-6-4-5-7-9-22/h10-12,15,21H,4-9H2,1-3H3. The molecule has 1 saturated heterocycles. The van der Waals surface area contributed by atoms with Crippen LogP contribution < -0.4 is 0 Å². The van der Waals surface area contributed by atoms with E-state index in [1.807, 2.05) is 24.8 Å². The van der Waals surface area contributed by atoms with Gasteiger partial charge >= 0.3 is 5.97 Å². The summed E-state index contributed by atoms with van der Waals surface area (Å²) in [4.78, 5) is 29.9. The Morgan fingerprint density at radius 3 is 2.44 bits per heavy atom. The van der Waals surface area contributed by atoms with Crippen LogP contribution in [-0.2, 0) is 9.53 Å². The molecule has 1 aromatic carbocycles. The molecule has 1 unspecified atom stereocenters. The SMILES string of the molecule is Cc1cc(C)c2cc(C(=O)OC(C)C(=O)N3CCCCCC3)[nH]c2c1. The van der Waals surface area contributed by atoms with Gasteiger partial charge in [-0.3, -0.25) is 4.79 Å². The molecule has 1 fully saturated rings. The predicted octanol–water partition coefficient (Wildman–Crippen LogP) is 3.73. The van der Waals surface area contributed by atoms with Crippen LogP contribution in [0.25, 0.3) is 10.9 Å². The molecule has 0 spiro atoms. The number of H-pyrrole nitrogens is 1. The van der Waals surface area contributed by atoms with Gasteiger partial charge in [0, 0.05) is 24.0 Å². The van der Waals surface area contributed by atoms with Crippen molar-refractivity contribution in [1.82, 2.24) is 9.88 Å². The number of amides is 1. The molecule has 1 aromatic heterocycles. The first-order chi connectivity index (χ1) is 12.0. The number of rotatable bonds is 3. The Morgan fingerprint density at radius 2 is 1.76 bits per heavy atom. The van der Waals surface area contributed by atoms with E-state index in [4.69, 9.17) is 4.74 Å². The topological polar surface area (TPSA) is 62.4 Å². The summed E-state index contributed by atoms with van der Waals surface area (Å²) in [5.41, 5.74) is 3.55. The van der Waals surface area contributed by atoms with Gasteiger partial charge in [-0.05, 0) is 56.9 Å². The Balaban J connectivity index is 1.70. The maximum absolute atomic E-state index is 12.5. The van der Waals surface area contributed by atoms with Gasteiger partial charge < -0.3 is 14.6 Å². The summed E-state index contributed by atoms with van der Waals surface area (Å²) in [6.45, 7) is 7.21. The number of aromatic nitrogens is 1. The number of benzene rings is 1. The minimum atomic E-state index is -0.764. The van der Waals surface area contributed by atoms with E-state index < -0.39 is 12.1 Å². The quantitative estimate of drug-likeness (QED) is 0.865. The van der Waals surface area contributed by atoms with Crippen molar-refractivity contribution in [3.63, 3.8) is 0 Å². The smallest absolute Gasteiger partial charge is 0.355 e. The molecule has 0 bridgehead atoms. The number of carbonyl (C=O) groups is 2. The third kappa shape index (κ3) is 3.86. The summed E-state index contributed by atoms with van der Waals surface area (Å²) < 4.78 is 5.43. The van der Waals surface area contributed by atoms with E-state index in [1.54, 1.807) is 13.0 Å². The highest BCUT2D eigenvalue weighted by Gasteiger charge is 2.25. The Morgan fingerprint density at radius 1 is 1.08 bits per heavy atom. The van der Waals surface area contributed by atoms with E-state index in [0.29, 0.717) is 5.69 Å². The van der Waals surface area contributed by atoms with Gasteiger partial charge in [-0.1, -0.05) is 18.9 Å². The lowest BCUT2D eigenvalue weighted by atomic mass is 10.1. The second kappa shape index (κ2) is 7.30. The fourth-order valence-corrected chi connectivity index (χ4v) is 3.53. The van der Waals surface area contributed by atoms with Crippen molar-refractivity contribution in [1.29, 1.82) is 0 Å². The molecule has 2 heterocycles. The third-order valence-electron chi connectivity index (χ3n) is 4.86. The van der Waals surface area contributed by atoms with Crippen LogP contribution in [0.3, 0.4) is 0 Å². The number of esters is 1. The monoisotopic (exact) mass is 342 g/mol. The molecule has 0 radical (unpaired) electrons. The number of hydrogen-bond donors (Lipinski definition) is 1. The van der Waals surface area contributed by atoms with Gasteiger partial charge in [0.05, 0.1) is 0 Å². The molecule has 5 nitrogen and oxygen atoms in total. The van der Waals surface area contributed by atoms with Crippen molar-refractivity contribution >= 4 is 22.8 Å². The number of hydrogen-bond acceptors (Lipinski definition) is 3. The second-order valence-electron chi connectivity index (χ2n) is 7.01. The molecule has 1 aliphatic rings. The third-order valence-corrected chi connectivity index (χ3v) is 4.86. The molecule has 134 valence electrons. The molecule has 1 aliphatic heterocycles. The van der Waals surface area contributed by atoms with Crippen molar-refractivity contribution in [3.05, 3.63) is 35.0 Å². The minimum Gasteiger partial charge on any atom is -0.448 e. The molecule has 3 rings (SSSR count). The number of nitrogens with zero attached hydrogens (tertiary/aromatic N) is 1. The maximum Gasteiger partial charge on any atom is 0.355 e. The summed E-state index contributed by atoms with van der Waals surface area (Å²) in [6, 6.07) is 5.89. The highest BCUT2D eigenvalue weighted by molar-refractivity contribution is 5.97. The fourth-order valence-electron chi connectivity index (χ4n) is 3.53. The molecular weight excluding hydrogens is 316 g/mol. The van der Waals surface area contributed by atoms with Crippen LogP contribution >= 0.6 is 0 Å².